The molecule has 2 N–H and O–H groups in total. The van der Waals surface area contributed by atoms with Gasteiger partial charge in [0.2, 0.25) is 0 Å². The second-order valence-corrected chi connectivity index (χ2v) is 5.92. The lowest BCUT2D eigenvalue weighted by Gasteiger charge is -2.11. The number of rotatable bonds is 3. The van der Waals surface area contributed by atoms with Crippen LogP contribution in [0.2, 0.25) is 5.02 Å². The standard InChI is InChI=1S/C14H14ClN3S/c1-9-2-3-10(6-12(9)15)13(16)7-11-8-18-4-5-19-14(18)17-11/h2-6,8,13H,7,16H2,1H3. The molecule has 1 atom stereocenters. The second-order valence-electron chi connectivity index (χ2n) is 4.64. The van der Waals surface area contributed by atoms with Crippen LogP contribution < -0.4 is 5.73 Å². The SMILES string of the molecule is Cc1ccc(C(N)Cc2cn3ccsc3n2)cc1Cl. The fourth-order valence-electron chi connectivity index (χ4n) is 2.06. The van der Waals surface area contributed by atoms with Crippen LogP contribution in [0.25, 0.3) is 4.96 Å². The highest BCUT2D eigenvalue weighted by molar-refractivity contribution is 7.15. The van der Waals surface area contributed by atoms with Crippen molar-refractivity contribution in [2.75, 3.05) is 0 Å². The van der Waals surface area contributed by atoms with Crippen molar-refractivity contribution >= 4 is 27.9 Å². The average Bonchev–Trinajstić information content (AvgIpc) is 2.93. The lowest BCUT2D eigenvalue weighted by Crippen LogP contribution is -2.13. The summed E-state index contributed by atoms with van der Waals surface area (Å²) in [6.07, 6.45) is 4.75. The Morgan fingerprint density at radius 3 is 3.05 bits per heavy atom. The van der Waals surface area contributed by atoms with E-state index in [4.69, 9.17) is 17.3 Å². The van der Waals surface area contributed by atoms with Gasteiger partial charge in [0.25, 0.3) is 0 Å². The van der Waals surface area contributed by atoms with E-state index in [1.807, 2.05) is 47.3 Å². The fourth-order valence-corrected chi connectivity index (χ4v) is 2.97. The zero-order chi connectivity index (χ0) is 13.4. The first kappa shape index (κ1) is 12.7. The quantitative estimate of drug-likeness (QED) is 0.801. The van der Waals surface area contributed by atoms with Gasteiger partial charge in [0.05, 0.1) is 5.69 Å². The van der Waals surface area contributed by atoms with Crippen molar-refractivity contribution in [3.63, 3.8) is 0 Å². The van der Waals surface area contributed by atoms with Crippen molar-refractivity contribution in [2.24, 2.45) is 5.73 Å². The minimum absolute atomic E-state index is 0.0808. The van der Waals surface area contributed by atoms with Crippen LogP contribution in [0.3, 0.4) is 0 Å². The third-order valence-electron chi connectivity index (χ3n) is 3.20. The Hall–Kier alpha value is -1.36. The van der Waals surface area contributed by atoms with E-state index >= 15 is 0 Å². The third kappa shape index (κ3) is 2.52. The van der Waals surface area contributed by atoms with E-state index < -0.39 is 0 Å². The molecule has 0 aliphatic carbocycles. The summed E-state index contributed by atoms with van der Waals surface area (Å²) in [5.74, 6) is 0. The van der Waals surface area contributed by atoms with E-state index in [-0.39, 0.29) is 6.04 Å². The van der Waals surface area contributed by atoms with Gasteiger partial charge in [-0.2, -0.15) is 0 Å². The average molecular weight is 292 g/mol. The number of aryl methyl sites for hydroxylation is 1. The van der Waals surface area contributed by atoms with Crippen molar-refractivity contribution in [1.29, 1.82) is 0 Å². The van der Waals surface area contributed by atoms with Crippen LogP contribution in [0.4, 0.5) is 0 Å². The van der Waals surface area contributed by atoms with Crippen LogP contribution in [0, 0.1) is 6.92 Å². The first-order valence-corrected chi connectivity index (χ1v) is 7.32. The van der Waals surface area contributed by atoms with Crippen LogP contribution in [-0.4, -0.2) is 9.38 Å². The van der Waals surface area contributed by atoms with Crippen molar-refractivity contribution in [3.05, 3.63) is 57.8 Å². The van der Waals surface area contributed by atoms with Crippen molar-refractivity contribution < 1.29 is 0 Å². The molecule has 0 saturated carbocycles. The van der Waals surface area contributed by atoms with E-state index in [1.165, 1.54) is 0 Å². The Bertz CT molecular complexity index is 688. The van der Waals surface area contributed by atoms with Crippen LogP contribution in [0.5, 0.6) is 0 Å². The van der Waals surface area contributed by atoms with Gasteiger partial charge >= 0.3 is 0 Å². The molecule has 0 aliphatic rings. The van der Waals surface area contributed by atoms with Crippen LogP contribution in [0.15, 0.2) is 36.0 Å². The molecule has 0 aliphatic heterocycles. The van der Waals surface area contributed by atoms with Gasteiger partial charge in [0, 0.05) is 35.3 Å². The summed E-state index contributed by atoms with van der Waals surface area (Å²) >= 11 is 7.76. The number of benzene rings is 1. The van der Waals surface area contributed by atoms with Gasteiger partial charge in [-0.15, -0.1) is 11.3 Å². The zero-order valence-electron chi connectivity index (χ0n) is 10.5. The topological polar surface area (TPSA) is 43.3 Å². The molecule has 0 bridgehead atoms. The maximum Gasteiger partial charge on any atom is 0.193 e. The number of nitrogens with zero attached hydrogens (tertiary/aromatic N) is 2. The number of imidazole rings is 1. The molecule has 0 saturated heterocycles. The molecular formula is C14H14ClN3S. The van der Waals surface area contributed by atoms with E-state index in [9.17, 15) is 0 Å². The molecule has 19 heavy (non-hydrogen) atoms. The van der Waals surface area contributed by atoms with Gasteiger partial charge < -0.3 is 5.73 Å². The predicted octanol–water partition coefficient (Wildman–Crippen LogP) is 3.60. The van der Waals surface area contributed by atoms with Gasteiger partial charge in [-0.05, 0) is 24.1 Å². The smallest absolute Gasteiger partial charge is 0.193 e. The Morgan fingerprint density at radius 1 is 1.47 bits per heavy atom. The summed E-state index contributed by atoms with van der Waals surface area (Å²) < 4.78 is 2.02. The maximum atomic E-state index is 6.23. The molecule has 3 aromatic rings. The van der Waals surface area contributed by atoms with Gasteiger partial charge in [-0.25, -0.2) is 4.98 Å². The van der Waals surface area contributed by atoms with Crippen molar-refractivity contribution in [1.82, 2.24) is 9.38 Å². The molecule has 0 amide bonds. The molecule has 5 heteroatoms. The molecule has 1 aromatic carbocycles. The number of aromatic nitrogens is 2. The van der Waals surface area contributed by atoms with E-state index in [0.29, 0.717) is 6.42 Å². The lowest BCUT2D eigenvalue weighted by atomic mass is 10.0. The largest absolute Gasteiger partial charge is 0.324 e. The monoisotopic (exact) mass is 291 g/mol. The van der Waals surface area contributed by atoms with Gasteiger partial charge in [0.15, 0.2) is 4.96 Å². The molecule has 1 unspecified atom stereocenters. The Balaban J connectivity index is 1.82. The number of hydrogen-bond donors (Lipinski definition) is 1. The first-order chi connectivity index (χ1) is 9.13. The Morgan fingerprint density at radius 2 is 2.32 bits per heavy atom. The number of fused-ring (bicyclic) bond motifs is 1. The lowest BCUT2D eigenvalue weighted by molar-refractivity contribution is 0.710. The summed E-state index contributed by atoms with van der Waals surface area (Å²) in [6.45, 7) is 1.99. The molecular weight excluding hydrogens is 278 g/mol. The van der Waals surface area contributed by atoms with Gasteiger partial charge in [0.1, 0.15) is 0 Å². The molecule has 2 aromatic heterocycles. The normalized spacial score (nSPS) is 13.0. The maximum absolute atomic E-state index is 6.23. The predicted molar refractivity (Wildman–Crippen MR) is 79.9 cm³/mol. The number of halogens is 1. The molecule has 0 radical (unpaired) electrons. The fraction of sp³-hybridized carbons (Fsp3) is 0.214. The summed E-state index contributed by atoms with van der Waals surface area (Å²) in [5, 5.41) is 2.78. The highest BCUT2D eigenvalue weighted by Crippen LogP contribution is 2.23. The number of thiazole rings is 1. The van der Waals surface area contributed by atoms with Crippen LogP contribution >= 0.6 is 22.9 Å². The number of hydrogen-bond acceptors (Lipinski definition) is 3. The summed E-state index contributed by atoms with van der Waals surface area (Å²) in [7, 11) is 0. The second kappa shape index (κ2) is 4.96. The molecule has 0 spiro atoms. The number of nitrogens with two attached hydrogens (primary N) is 1. The van der Waals surface area contributed by atoms with E-state index in [1.54, 1.807) is 11.3 Å². The summed E-state index contributed by atoms with van der Waals surface area (Å²) in [6, 6.07) is 5.90. The van der Waals surface area contributed by atoms with Crippen molar-refractivity contribution in [2.45, 2.75) is 19.4 Å². The molecule has 3 nitrogen and oxygen atoms in total. The van der Waals surface area contributed by atoms with E-state index in [2.05, 4.69) is 4.98 Å². The molecule has 98 valence electrons. The van der Waals surface area contributed by atoms with Crippen molar-refractivity contribution in [3.8, 4) is 0 Å². The van der Waals surface area contributed by atoms with Crippen LogP contribution in [0.1, 0.15) is 22.9 Å². The van der Waals surface area contributed by atoms with Gasteiger partial charge in [-0.3, -0.25) is 4.40 Å². The zero-order valence-corrected chi connectivity index (χ0v) is 12.1. The molecule has 0 fully saturated rings. The first-order valence-electron chi connectivity index (χ1n) is 6.06. The summed E-state index contributed by atoms with van der Waals surface area (Å²) in [4.78, 5) is 5.55. The minimum atomic E-state index is -0.0808. The van der Waals surface area contributed by atoms with E-state index in [0.717, 1.165) is 26.8 Å². The van der Waals surface area contributed by atoms with Gasteiger partial charge in [-0.1, -0.05) is 23.7 Å². The Kier molecular flexibility index (Phi) is 3.31. The minimum Gasteiger partial charge on any atom is -0.324 e. The third-order valence-corrected chi connectivity index (χ3v) is 4.37. The highest BCUT2D eigenvalue weighted by atomic mass is 35.5. The van der Waals surface area contributed by atoms with Crippen LogP contribution in [-0.2, 0) is 6.42 Å². The summed E-state index contributed by atoms with van der Waals surface area (Å²) in [5.41, 5.74) is 9.36. The highest BCUT2D eigenvalue weighted by Gasteiger charge is 2.11. The molecule has 3 rings (SSSR count). The Labute approximate surface area is 120 Å². The molecule has 2 heterocycles.